The number of methoxy groups -OCH3 is 1. The fraction of sp³-hybridized carbons (Fsp3) is 0.400. The third-order valence-electron chi connectivity index (χ3n) is 3.94. The van der Waals surface area contributed by atoms with Crippen LogP contribution in [0.3, 0.4) is 0 Å². The third-order valence-corrected chi connectivity index (χ3v) is 3.94. The average Bonchev–Trinajstić information content (AvgIpc) is 2.73. The number of aromatic nitrogens is 1. The minimum atomic E-state index is -0.186. The van der Waals surface area contributed by atoms with E-state index in [0.29, 0.717) is 6.42 Å². The molecular weight excluding hydrogens is 240 g/mol. The lowest BCUT2D eigenvalue weighted by atomic mass is 9.90. The first kappa shape index (κ1) is 12.2. The maximum absolute atomic E-state index is 11.6. The average molecular weight is 258 g/mol. The molecule has 100 valence electrons. The van der Waals surface area contributed by atoms with Crippen LogP contribution in [-0.4, -0.2) is 23.5 Å². The van der Waals surface area contributed by atoms with Crippen LogP contribution in [0.1, 0.15) is 23.2 Å². The van der Waals surface area contributed by atoms with Gasteiger partial charge in [-0.05, 0) is 36.1 Å². The summed E-state index contributed by atoms with van der Waals surface area (Å²) < 4.78 is 6.98. The zero-order chi connectivity index (χ0) is 13.4. The molecule has 19 heavy (non-hydrogen) atoms. The van der Waals surface area contributed by atoms with Crippen LogP contribution in [0, 0.1) is 0 Å². The molecule has 2 aromatic heterocycles. The molecule has 0 saturated carbocycles. The van der Waals surface area contributed by atoms with Gasteiger partial charge in [0.15, 0.2) is 0 Å². The van der Waals surface area contributed by atoms with E-state index in [4.69, 9.17) is 10.5 Å². The number of nitrogens with two attached hydrogens (primary N) is 1. The predicted octanol–water partition coefficient (Wildman–Crippen LogP) is 1.47. The van der Waals surface area contributed by atoms with Gasteiger partial charge in [-0.1, -0.05) is 6.07 Å². The molecule has 1 aliphatic carbocycles. The van der Waals surface area contributed by atoms with Gasteiger partial charge in [0.05, 0.1) is 13.5 Å². The monoisotopic (exact) mass is 258 g/mol. The SMILES string of the molecule is COC(=O)Cc1c2c(n3ccccc13)CC(N)CC2. The summed E-state index contributed by atoms with van der Waals surface area (Å²) in [6.07, 6.45) is 5.20. The topological polar surface area (TPSA) is 56.7 Å². The molecule has 0 amide bonds. The summed E-state index contributed by atoms with van der Waals surface area (Å²) in [5.74, 6) is -0.186. The smallest absolute Gasteiger partial charge is 0.310 e. The lowest BCUT2D eigenvalue weighted by molar-refractivity contribution is -0.139. The lowest BCUT2D eigenvalue weighted by Crippen LogP contribution is -2.28. The second-order valence-electron chi connectivity index (χ2n) is 5.12. The van der Waals surface area contributed by atoms with E-state index >= 15 is 0 Å². The largest absolute Gasteiger partial charge is 0.469 e. The maximum atomic E-state index is 11.6. The molecule has 0 saturated heterocycles. The van der Waals surface area contributed by atoms with Crippen LogP contribution in [0.25, 0.3) is 5.52 Å². The lowest BCUT2D eigenvalue weighted by Gasteiger charge is -2.19. The van der Waals surface area contributed by atoms with E-state index in [9.17, 15) is 4.79 Å². The van der Waals surface area contributed by atoms with Crippen LogP contribution in [0.2, 0.25) is 0 Å². The van der Waals surface area contributed by atoms with Gasteiger partial charge in [0.1, 0.15) is 0 Å². The van der Waals surface area contributed by atoms with E-state index in [1.807, 2.05) is 18.3 Å². The number of hydrogen-bond donors (Lipinski definition) is 1. The van der Waals surface area contributed by atoms with Crippen LogP contribution < -0.4 is 5.73 Å². The summed E-state index contributed by atoms with van der Waals surface area (Å²) >= 11 is 0. The van der Waals surface area contributed by atoms with E-state index in [-0.39, 0.29) is 12.0 Å². The molecule has 0 radical (unpaired) electrons. The van der Waals surface area contributed by atoms with Crippen molar-refractivity contribution in [1.29, 1.82) is 0 Å². The zero-order valence-corrected chi connectivity index (χ0v) is 11.1. The summed E-state index contributed by atoms with van der Waals surface area (Å²) in [4.78, 5) is 11.6. The van der Waals surface area contributed by atoms with Gasteiger partial charge in [-0.25, -0.2) is 0 Å². The number of pyridine rings is 1. The summed E-state index contributed by atoms with van der Waals surface area (Å²) in [6, 6.07) is 6.29. The number of carbonyl (C=O) groups excluding carboxylic acids is 1. The number of nitrogens with zero attached hydrogens (tertiary/aromatic N) is 1. The van der Waals surface area contributed by atoms with Crippen LogP contribution in [0.5, 0.6) is 0 Å². The molecule has 2 aromatic rings. The summed E-state index contributed by atoms with van der Waals surface area (Å²) in [5, 5.41) is 0. The van der Waals surface area contributed by atoms with E-state index in [1.54, 1.807) is 0 Å². The van der Waals surface area contributed by atoms with Crippen molar-refractivity contribution in [2.45, 2.75) is 31.7 Å². The Labute approximate surface area is 112 Å². The zero-order valence-electron chi connectivity index (χ0n) is 11.1. The number of hydrogen-bond acceptors (Lipinski definition) is 3. The highest BCUT2D eigenvalue weighted by Gasteiger charge is 2.25. The molecular formula is C15H18N2O2. The molecule has 1 aliphatic rings. The van der Waals surface area contributed by atoms with E-state index in [1.165, 1.54) is 18.4 Å². The van der Waals surface area contributed by atoms with E-state index < -0.39 is 0 Å². The van der Waals surface area contributed by atoms with Gasteiger partial charge in [0, 0.05) is 29.9 Å². The van der Waals surface area contributed by atoms with Crippen LogP contribution in [0.15, 0.2) is 24.4 Å². The van der Waals surface area contributed by atoms with Crippen molar-refractivity contribution >= 4 is 11.5 Å². The van der Waals surface area contributed by atoms with Gasteiger partial charge in [-0.3, -0.25) is 4.79 Å². The van der Waals surface area contributed by atoms with Crippen LogP contribution in [0.4, 0.5) is 0 Å². The van der Waals surface area contributed by atoms with Crippen molar-refractivity contribution in [2.24, 2.45) is 5.73 Å². The summed E-state index contributed by atoms with van der Waals surface area (Å²) in [5.41, 5.74) is 10.8. The highest BCUT2D eigenvalue weighted by molar-refractivity contribution is 5.78. The number of esters is 1. The normalized spacial score (nSPS) is 18.3. The first-order chi connectivity index (χ1) is 9.20. The number of carbonyl (C=O) groups is 1. The molecule has 3 rings (SSSR count). The highest BCUT2D eigenvalue weighted by Crippen LogP contribution is 2.30. The standard InChI is InChI=1S/C15H18N2O2/c1-19-15(18)9-12-11-6-5-10(16)8-14(11)17-7-3-2-4-13(12)17/h2-4,7,10H,5-6,8-9,16H2,1H3. The first-order valence-corrected chi connectivity index (χ1v) is 6.62. The molecule has 4 heteroatoms. The number of fused-ring (bicyclic) bond motifs is 3. The van der Waals surface area contributed by atoms with Gasteiger partial charge in [-0.15, -0.1) is 0 Å². The molecule has 1 atom stereocenters. The van der Waals surface area contributed by atoms with Gasteiger partial charge in [0.2, 0.25) is 0 Å². The van der Waals surface area contributed by atoms with Gasteiger partial charge < -0.3 is 14.9 Å². The maximum Gasteiger partial charge on any atom is 0.310 e. The molecule has 0 aliphatic heterocycles. The molecule has 0 aromatic carbocycles. The van der Waals surface area contributed by atoms with Crippen molar-refractivity contribution in [3.05, 3.63) is 41.2 Å². The Hall–Kier alpha value is -1.81. The molecule has 0 bridgehead atoms. The second-order valence-corrected chi connectivity index (χ2v) is 5.12. The fourth-order valence-corrected chi connectivity index (χ4v) is 3.01. The Morgan fingerprint density at radius 3 is 3.16 bits per heavy atom. The van der Waals surface area contributed by atoms with Crippen molar-refractivity contribution in [2.75, 3.05) is 7.11 Å². The van der Waals surface area contributed by atoms with Crippen LogP contribution >= 0.6 is 0 Å². The Morgan fingerprint density at radius 1 is 1.53 bits per heavy atom. The van der Waals surface area contributed by atoms with E-state index in [0.717, 1.165) is 30.3 Å². The molecule has 0 fully saturated rings. The molecule has 2 N–H and O–H groups in total. The van der Waals surface area contributed by atoms with Crippen LogP contribution in [-0.2, 0) is 28.8 Å². The molecule has 2 heterocycles. The Kier molecular flexibility index (Phi) is 3.03. The van der Waals surface area contributed by atoms with Gasteiger partial charge in [-0.2, -0.15) is 0 Å². The molecule has 0 spiro atoms. The highest BCUT2D eigenvalue weighted by atomic mass is 16.5. The van der Waals surface area contributed by atoms with Crippen molar-refractivity contribution in [3.8, 4) is 0 Å². The van der Waals surface area contributed by atoms with Crippen molar-refractivity contribution in [1.82, 2.24) is 4.40 Å². The molecule has 4 nitrogen and oxygen atoms in total. The number of rotatable bonds is 2. The minimum absolute atomic E-state index is 0.186. The van der Waals surface area contributed by atoms with Crippen molar-refractivity contribution in [3.63, 3.8) is 0 Å². The quantitative estimate of drug-likeness (QED) is 0.830. The number of ether oxygens (including phenoxy) is 1. The summed E-state index contributed by atoms with van der Waals surface area (Å²) in [6.45, 7) is 0. The minimum Gasteiger partial charge on any atom is -0.469 e. The predicted molar refractivity (Wildman–Crippen MR) is 73.1 cm³/mol. The molecule has 1 unspecified atom stereocenters. The van der Waals surface area contributed by atoms with E-state index in [2.05, 4.69) is 10.5 Å². The third kappa shape index (κ3) is 2.02. The van der Waals surface area contributed by atoms with Crippen molar-refractivity contribution < 1.29 is 9.53 Å². The van der Waals surface area contributed by atoms with Gasteiger partial charge >= 0.3 is 5.97 Å². The first-order valence-electron chi connectivity index (χ1n) is 6.62. The van der Waals surface area contributed by atoms with Gasteiger partial charge in [0.25, 0.3) is 0 Å². The Balaban J connectivity index is 2.17. The Bertz CT molecular complexity index is 630. The summed E-state index contributed by atoms with van der Waals surface area (Å²) in [7, 11) is 1.43. The fourth-order valence-electron chi connectivity index (χ4n) is 3.01. The Morgan fingerprint density at radius 2 is 2.37 bits per heavy atom. The second kappa shape index (κ2) is 4.70.